The molecule has 0 aliphatic rings. The van der Waals surface area contributed by atoms with E-state index in [-0.39, 0.29) is 0 Å². The van der Waals surface area contributed by atoms with Crippen molar-refractivity contribution in [2.75, 3.05) is 0 Å². The predicted molar refractivity (Wildman–Crippen MR) is 180 cm³/mol. The first-order valence-corrected chi connectivity index (χ1v) is 14.9. The molecule has 0 N–H and O–H groups in total. The molecule has 0 atom stereocenters. The second-order valence-corrected chi connectivity index (χ2v) is 11.9. The summed E-state index contributed by atoms with van der Waals surface area (Å²) in [7, 11) is 0. The molecule has 1 heteroatoms. The average molecular weight is 537 g/mol. The quantitative estimate of drug-likeness (QED) is 0.152. The van der Waals surface area contributed by atoms with Crippen LogP contribution in [0.15, 0.2) is 146 Å². The summed E-state index contributed by atoms with van der Waals surface area (Å²) in [6.45, 7) is 0. The lowest BCUT2D eigenvalue weighted by atomic mass is 9.85. The minimum absolute atomic E-state index is 1.25. The van der Waals surface area contributed by atoms with E-state index in [2.05, 4.69) is 146 Å². The van der Waals surface area contributed by atoms with Crippen LogP contribution >= 0.6 is 11.3 Å². The summed E-state index contributed by atoms with van der Waals surface area (Å²) in [5, 5.41) is 13.2. The molecule has 0 aliphatic carbocycles. The topological polar surface area (TPSA) is 0 Å². The Hall–Kier alpha value is -4.98. The molecule has 0 saturated carbocycles. The zero-order valence-electron chi connectivity index (χ0n) is 22.3. The van der Waals surface area contributed by atoms with Gasteiger partial charge in [-0.15, -0.1) is 11.3 Å². The van der Waals surface area contributed by atoms with Crippen LogP contribution in [-0.4, -0.2) is 0 Å². The maximum atomic E-state index is 2.45. The molecule has 0 nitrogen and oxygen atoms in total. The Morgan fingerprint density at radius 1 is 0.317 bits per heavy atom. The van der Waals surface area contributed by atoms with E-state index in [0.29, 0.717) is 0 Å². The predicted octanol–water partition coefficient (Wildman–Crippen LogP) is 12.0. The Morgan fingerprint density at radius 2 is 0.805 bits per heavy atom. The van der Waals surface area contributed by atoms with Gasteiger partial charge in [0.25, 0.3) is 0 Å². The van der Waals surface area contributed by atoms with E-state index in [9.17, 15) is 0 Å². The molecule has 0 saturated heterocycles. The molecule has 0 bridgehead atoms. The van der Waals surface area contributed by atoms with Crippen molar-refractivity contribution in [1.29, 1.82) is 0 Å². The molecule has 41 heavy (non-hydrogen) atoms. The van der Waals surface area contributed by atoms with Gasteiger partial charge in [-0.05, 0) is 72.1 Å². The van der Waals surface area contributed by atoms with Gasteiger partial charge in [0, 0.05) is 25.6 Å². The second kappa shape index (κ2) is 8.76. The summed E-state index contributed by atoms with van der Waals surface area (Å²) < 4.78 is 2.71. The van der Waals surface area contributed by atoms with Gasteiger partial charge in [-0.3, -0.25) is 0 Å². The minimum Gasteiger partial charge on any atom is -0.135 e. The summed E-state index contributed by atoms with van der Waals surface area (Å²) in [6.07, 6.45) is 0. The van der Waals surface area contributed by atoms with E-state index in [4.69, 9.17) is 0 Å². The zero-order valence-corrected chi connectivity index (χ0v) is 23.1. The molecule has 0 amide bonds. The van der Waals surface area contributed by atoms with Crippen molar-refractivity contribution < 1.29 is 0 Å². The summed E-state index contributed by atoms with van der Waals surface area (Å²) in [5.74, 6) is 0. The molecule has 1 heterocycles. The van der Waals surface area contributed by atoms with Gasteiger partial charge in [0.2, 0.25) is 0 Å². The van der Waals surface area contributed by atoms with Gasteiger partial charge in [-0.2, -0.15) is 0 Å². The number of hydrogen-bond donors (Lipinski definition) is 0. The third kappa shape index (κ3) is 3.27. The first-order valence-electron chi connectivity index (χ1n) is 14.1. The number of fused-ring (bicyclic) bond motifs is 10. The Balaban J connectivity index is 1.45. The molecular weight excluding hydrogens is 513 g/mol. The maximum absolute atomic E-state index is 2.45. The highest BCUT2D eigenvalue weighted by molar-refractivity contribution is 7.27. The van der Waals surface area contributed by atoms with Gasteiger partial charge < -0.3 is 0 Å². The van der Waals surface area contributed by atoms with Crippen LogP contribution in [0.2, 0.25) is 0 Å². The highest BCUT2D eigenvalue weighted by atomic mass is 32.1. The van der Waals surface area contributed by atoms with Crippen molar-refractivity contribution in [3.05, 3.63) is 146 Å². The molecular formula is C40H24S. The molecule has 0 spiro atoms. The molecule has 9 rings (SSSR count). The van der Waals surface area contributed by atoms with Crippen molar-refractivity contribution in [2.24, 2.45) is 0 Å². The average Bonchev–Trinajstić information content (AvgIpc) is 3.44. The van der Waals surface area contributed by atoms with Gasteiger partial charge >= 0.3 is 0 Å². The SMILES string of the molecule is c1ccc(-c2c3ccccc3c(-c3ccc4c5ccccc5c5c6ccccc6sc5c4c3)c3ccccc23)cc1. The third-order valence-electron chi connectivity index (χ3n) is 8.63. The fourth-order valence-corrected chi connectivity index (χ4v) is 8.16. The van der Waals surface area contributed by atoms with Crippen molar-refractivity contribution >= 4 is 74.6 Å². The van der Waals surface area contributed by atoms with E-state index >= 15 is 0 Å². The Kier molecular flexibility index (Phi) is 4.87. The second-order valence-electron chi connectivity index (χ2n) is 10.8. The number of thiophene rings is 1. The van der Waals surface area contributed by atoms with E-state index < -0.39 is 0 Å². The van der Waals surface area contributed by atoms with Crippen LogP contribution < -0.4 is 0 Å². The van der Waals surface area contributed by atoms with Gasteiger partial charge in [0.1, 0.15) is 0 Å². The highest BCUT2D eigenvalue weighted by Crippen LogP contribution is 2.47. The Morgan fingerprint density at radius 3 is 1.46 bits per heavy atom. The van der Waals surface area contributed by atoms with Crippen LogP contribution in [0.1, 0.15) is 0 Å². The van der Waals surface area contributed by atoms with Gasteiger partial charge in [-0.25, -0.2) is 0 Å². The summed E-state index contributed by atoms with van der Waals surface area (Å²) in [4.78, 5) is 0. The van der Waals surface area contributed by atoms with Gasteiger partial charge in [0.05, 0.1) is 0 Å². The van der Waals surface area contributed by atoms with Crippen LogP contribution in [-0.2, 0) is 0 Å². The van der Waals surface area contributed by atoms with E-state index in [0.717, 1.165) is 0 Å². The van der Waals surface area contributed by atoms with Crippen LogP contribution in [0.25, 0.3) is 85.5 Å². The Bertz CT molecular complexity index is 2410. The van der Waals surface area contributed by atoms with Crippen molar-refractivity contribution in [1.82, 2.24) is 0 Å². The van der Waals surface area contributed by atoms with Crippen LogP contribution in [0.4, 0.5) is 0 Å². The molecule has 0 radical (unpaired) electrons. The molecule has 0 fully saturated rings. The van der Waals surface area contributed by atoms with Crippen LogP contribution in [0.3, 0.4) is 0 Å². The number of hydrogen-bond acceptors (Lipinski definition) is 1. The van der Waals surface area contributed by atoms with Crippen LogP contribution in [0, 0.1) is 0 Å². The van der Waals surface area contributed by atoms with E-state index in [1.807, 2.05) is 11.3 Å². The van der Waals surface area contributed by atoms with Crippen molar-refractivity contribution in [3.8, 4) is 22.3 Å². The highest BCUT2D eigenvalue weighted by Gasteiger charge is 2.18. The monoisotopic (exact) mass is 536 g/mol. The smallest absolute Gasteiger partial charge is 0.0440 e. The first kappa shape index (κ1) is 22.8. The van der Waals surface area contributed by atoms with E-state index in [1.54, 1.807) is 0 Å². The molecule has 1 aromatic heterocycles. The lowest BCUT2D eigenvalue weighted by Gasteiger charge is -2.18. The lowest BCUT2D eigenvalue weighted by Crippen LogP contribution is -1.91. The normalized spacial score (nSPS) is 11.9. The maximum Gasteiger partial charge on any atom is 0.0440 e. The fraction of sp³-hybridized carbons (Fsp3) is 0. The molecule has 0 aliphatic heterocycles. The van der Waals surface area contributed by atoms with Gasteiger partial charge in [-0.1, -0.05) is 133 Å². The first-order chi connectivity index (χ1) is 20.4. The van der Waals surface area contributed by atoms with E-state index in [1.165, 1.54) is 85.5 Å². The van der Waals surface area contributed by atoms with Crippen molar-refractivity contribution in [3.63, 3.8) is 0 Å². The zero-order chi connectivity index (χ0) is 26.9. The van der Waals surface area contributed by atoms with Gasteiger partial charge in [0.15, 0.2) is 0 Å². The summed E-state index contributed by atoms with van der Waals surface area (Å²) >= 11 is 1.92. The summed E-state index contributed by atoms with van der Waals surface area (Å²) in [6, 6.07) is 53.6. The summed E-state index contributed by atoms with van der Waals surface area (Å²) in [5.41, 5.74) is 5.13. The molecule has 190 valence electrons. The van der Waals surface area contributed by atoms with Crippen molar-refractivity contribution in [2.45, 2.75) is 0 Å². The minimum atomic E-state index is 1.25. The van der Waals surface area contributed by atoms with Crippen LogP contribution in [0.5, 0.6) is 0 Å². The molecule has 0 unspecified atom stereocenters. The standard InChI is InChI=1S/C40H24S/c1-2-12-25(13-3-1)37-30-16-6-8-18-32(30)38(33-19-9-7-17-31(33)37)26-22-23-28-27-14-4-5-15-29(27)39-34-20-10-11-21-36(34)41-40(39)35(28)24-26/h1-24H. The lowest BCUT2D eigenvalue weighted by molar-refractivity contribution is 1.66. The Labute approximate surface area is 241 Å². The largest absolute Gasteiger partial charge is 0.135 e. The number of rotatable bonds is 2. The fourth-order valence-electron chi connectivity index (χ4n) is 6.92. The molecule has 8 aromatic carbocycles. The molecule has 9 aromatic rings. The number of benzene rings is 8. The third-order valence-corrected chi connectivity index (χ3v) is 9.83.